The minimum Gasteiger partial charge on any atom is -0.476 e. The third kappa shape index (κ3) is 2.87. The van der Waals surface area contributed by atoms with Gasteiger partial charge in [0.2, 0.25) is 5.88 Å². The molecule has 6 heteroatoms. The molecule has 3 N–H and O–H groups in total. The zero-order valence-electron chi connectivity index (χ0n) is 9.28. The molecule has 0 aliphatic carbocycles. The highest BCUT2D eigenvalue weighted by molar-refractivity contribution is 6.35. The Morgan fingerprint density at radius 2 is 2.53 bits per heavy atom. The van der Waals surface area contributed by atoms with Crippen molar-refractivity contribution in [3.8, 4) is 5.88 Å². The van der Waals surface area contributed by atoms with Crippen LogP contribution < -0.4 is 10.5 Å². The fourth-order valence-electron chi connectivity index (χ4n) is 1.64. The van der Waals surface area contributed by atoms with Gasteiger partial charge in [-0.25, -0.2) is 4.98 Å². The molecule has 0 aromatic carbocycles. The monoisotopic (exact) mass is 255 g/mol. The first-order chi connectivity index (χ1) is 8.18. The average molecular weight is 256 g/mol. The van der Waals surface area contributed by atoms with Crippen LogP contribution in [0.1, 0.15) is 12.0 Å². The predicted octanol–water partition coefficient (Wildman–Crippen LogP) is 1.43. The lowest BCUT2D eigenvalue weighted by Crippen LogP contribution is -2.15. The van der Waals surface area contributed by atoms with E-state index in [9.17, 15) is 0 Å². The van der Waals surface area contributed by atoms with E-state index in [4.69, 9.17) is 32.2 Å². The second-order valence-electron chi connectivity index (χ2n) is 3.93. The number of halogens is 1. The number of ether oxygens (including phenoxy) is 2. The van der Waals surface area contributed by atoms with Gasteiger partial charge in [0.15, 0.2) is 0 Å². The fourth-order valence-corrected chi connectivity index (χ4v) is 1.91. The Hall–Kier alpha value is -1.33. The number of aromatic nitrogens is 1. The van der Waals surface area contributed by atoms with Gasteiger partial charge in [0.05, 0.1) is 13.2 Å². The fraction of sp³-hybridized carbons (Fsp3) is 0.455. The molecule has 1 unspecified atom stereocenters. The molecule has 0 spiro atoms. The summed E-state index contributed by atoms with van der Waals surface area (Å²) in [5.41, 5.74) is 5.84. The maximum atomic E-state index is 7.36. The summed E-state index contributed by atoms with van der Waals surface area (Å²) in [5.74, 6) is 0.617. The quantitative estimate of drug-likeness (QED) is 0.630. The minimum atomic E-state index is -0.0913. The molecule has 1 aliphatic rings. The van der Waals surface area contributed by atoms with E-state index in [1.54, 1.807) is 6.07 Å². The Bertz CT molecular complexity index is 419. The van der Waals surface area contributed by atoms with Gasteiger partial charge in [-0.2, -0.15) is 0 Å². The zero-order valence-corrected chi connectivity index (χ0v) is 10.0. The molecule has 0 radical (unpaired) electrons. The lowest BCUT2D eigenvalue weighted by molar-refractivity contribution is 0.165. The van der Waals surface area contributed by atoms with E-state index in [1.807, 2.05) is 0 Å². The van der Waals surface area contributed by atoms with E-state index in [2.05, 4.69) is 4.98 Å². The van der Waals surface area contributed by atoms with E-state index < -0.39 is 0 Å². The van der Waals surface area contributed by atoms with Crippen molar-refractivity contribution in [1.82, 2.24) is 4.98 Å². The van der Waals surface area contributed by atoms with Crippen molar-refractivity contribution in [3.05, 3.63) is 22.8 Å². The first kappa shape index (κ1) is 12.1. The number of hydrogen-bond donors (Lipinski definition) is 2. The summed E-state index contributed by atoms with van der Waals surface area (Å²) in [4.78, 5) is 4.04. The van der Waals surface area contributed by atoms with Crippen LogP contribution in [0.3, 0.4) is 0 Å². The van der Waals surface area contributed by atoms with Crippen molar-refractivity contribution >= 4 is 17.4 Å². The molecular weight excluding hydrogens is 242 g/mol. The third-order valence-corrected chi connectivity index (χ3v) is 2.99. The topological polar surface area (TPSA) is 81.2 Å². The van der Waals surface area contributed by atoms with Crippen LogP contribution in [0.2, 0.25) is 5.02 Å². The van der Waals surface area contributed by atoms with Gasteiger partial charge in [-0.3, -0.25) is 5.41 Å². The molecule has 1 atom stereocenters. The van der Waals surface area contributed by atoms with Gasteiger partial charge in [-0.15, -0.1) is 0 Å². The smallest absolute Gasteiger partial charge is 0.233 e. The lowest BCUT2D eigenvalue weighted by Gasteiger charge is -2.11. The molecule has 0 saturated carbocycles. The zero-order chi connectivity index (χ0) is 12.3. The molecule has 1 aromatic rings. The van der Waals surface area contributed by atoms with Gasteiger partial charge in [-0.1, -0.05) is 11.6 Å². The number of nitrogen functional groups attached to an aromatic ring is 1. The third-order valence-electron chi connectivity index (χ3n) is 2.63. The molecule has 1 fully saturated rings. The Balaban J connectivity index is 2.04. The Morgan fingerprint density at radius 3 is 3.18 bits per heavy atom. The van der Waals surface area contributed by atoms with Crippen LogP contribution in [0.25, 0.3) is 0 Å². The first-order valence-corrected chi connectivity index (χ1v) is 5.75. The summed E-state index contributed by atoms with van der Waals surface area (Å²) in [5, 5.41) is 7.65. The van der Waals surface area contributed by atoms with Crippen molar-refractivity contribution < 1.29 is 9.47 Å². The number of hydrogen-bond acceptors (Lipinski definition) is 4. The number of nitrogens with one attached hydrogen (secondary N) is 1. The minimum absolute atomic E-state index is 0.0913. The van der Waals surface area contributed by atoms with Gasteiger partial charge in [-0.05, 0) is 12.5 Å². The van der Waals surface area contributed by atoms with Crippen molar-refractivity contribution in [2.45, 2.75) is 6.42 Å². The van der Waals surface area contributed by atoms with E-state index in [0.29, 0.717) is 35.6 Å². The summed E-state index contributed by atoms with van der Waals surface area (Å²) >= 11 is 6.05. The maximum absolute atomic E-state index is 7.36. The van der Waals surface area contributed by atoms with Crippen LogP contribution in [0.5, 0.6) is 5.88 Å². The molecule has 1 aromatic heterocycles. The molecule has 0 amide bonds. The van der Waals surface area contributed by atoms with Crippen molar-refractivity contribution in [2.75, 3.05) is 19.8 Å². The molecule has 17 heavy (non-hydrogen) atoms. The number of nitrogens with zero attached hydrogens (tertiary/aromatic N) is 1. The lowest BCUT2D eigenvalue weighted by atomic mass is 10.1. The molecule has 0 bridgehead atoms. The van der Waals surface area contributed by atoms with Gasteiger partial charge >= 0.3 is 0 Å². The maximum Gasteiger partial charge on any atom is 0.233 e. The highest BCUT2D eigenvalue weighted by Gasteiger charge is 2.18. The van der Waals surface area contributed by atoms with Crippen molar-refractivity contribution in [1.29, 1.82) is 5.41 Å². The normalized spacial score (nSPS) is 19.2. The van der Waals surface area contributed by atoms with Crippen molar-refractivity contribution in [2.24, 2.45) is 11.7 Å². The number of pyridine rings is 1. The van der Waals surface area contributed by atoms with Gasteiger partial charge < -0.3 is 15.2 Å². The van der Waals surface area contributed by atoms with Crippen LogP contribution in [0.15, 0.2) is 12.3 Å². The average Bonchev–Trinajstić information content (AvgIpc) is 2.80. The Morgan fingerprint density at radius 1 is 1.71 bits per heavy atom. The summed E-state index contributed by atoms with van der Waals surface area (Å²) in [6.07, 6.45) is 2.52. The Kier molecular flexibility index (Phi) is 3.81. The van der Waals surface area contributed by atoms with E-state index in [-0.39, 0.29) is 5.84 Å². The molecule has 92 valence electrons. The molecule has 5 nitrogen and oxygen atoms in total. The molecular formula is C11H14ClN3O2. The molecule has 1 saturated heterocycles. The predicted molar refractivity (Wildman–Crippen MR) is 64.7 cm³/mol. The number of nitrogens with two attached hydrogens (primary N) is 1. The molecule has 1 aliphatic heterocycles. The van der Waals surface area contributed by atoms with Gasteiger partial charge in [0.1, 0.15) is 10.9 Å². The van der Waals surface area contributed by atoms with Crippen LogP contribution in [-0.4, -0.2) is 30.6 Å². The van der Waals surface area contributed by atoms with Crippen LogP contribution >= 0.6 is 11.6 Å². The SMILES string of the molecule is N=C(N)c1ccnc(OCC2CCOC2)c1Cl. The van der Waals surface area contributed by atoms with Crippen molar-refractivity contribution in [3.63, 3.8) is 0 Å². The van der Waals surface area contributed by atoms with Gasteiger partial charge in [0, 0.05) is 24.3 Å². The second kappa shape index (κ2) is 5.33. The Labute approximate surface area is 104 Å². The molecule has 2 rings (SSSR count). The first-order valence-electron chi connectivity index (χ1n) is 5.38. The summed E-state index contributed by atoms with van der Waals surface area (Å²) in [6.45, 7) is 2.01. The van der Waals surface area contributed by atoms with E-state index >= 15 is 0 Å². The van der Waals surface area contributed by atoms with Crippen LogP contribution in [0.4, 0.5) is 0 Å². The molecule has 2 heterocycles. The van der Waals surface area contributed by atoms with Crippen LogP contribution in [0, 0.1) is 11.3 Å². The van der Waals surface area contributed by atoms with E-state index in [1.165, 1.54) is 6.20 Å². The number of rotatable bonds is 4. The highest BCUT2D eigenvalue weighted by atomic mass is 35.5. The van der Waals surface area contributed by atoms with Crippen LogP contribution in [-0.2, 0) is 4.74 Å². The summed E-state index contributed by atoms with van der Waals surface area (Å²) in [6, 6.07) is 1.59. The summed E-state index contributed by atoms with van der Waals surface area (Å²) in [7, 11) is 0. The van der Waals surface area contributed by atoms with E-state index in [0.717, 1.165) is 13.0 Å². The highest BCUT2D eigenvalue weighted by Crippen LogP contribution is 2.26. The number of amidine groups is 1. The summed E-state index contributed by atoms with van der Waals surface area (Å²) < 4.78 is 10.8. The largest absolute Gasteiger partial charge is 0.476 e. The standard InChI is InChI=1S/C11H14ClN3O2/c12-9-8(10(13)14)1-3-15-11(9)17-6-7-2-4-16-5-7/h1,3,7H,2,4-6H2,(H3,13,14). The van der Waals surface area contributed by atoms with Gasteiger partial charge in [0.25, 0.3) is 0 Å². The second-order valence-corrected chi connectivity index (χ2v) is 4.31.